The van der Waals surface area contributed by atoms with Gasteiger partial charge in [0.1, 0.15) is 0 Å². The maximum absolute atomic E-state index is 13.0. The summed E-state index contributed by atoms with van der Waals surface area (Å²) < 4.78 is 5.60. The zero-order valence-corrected chi connectivity index (χ0v) is 17.7. The molecule has 0 aliphatic heterocycles. The Balaban J connectivity index is 1.75. The number of hydrogen-bond donors (Lipinski definition) is 1. The number of carbonyl (C=O) groups excluding carboxylic acids is 2. The van der Waals surface area contributed by atoms with Gasteiger partial charge in [-0.15, -0.1) is 0 Å². The number of para-hydroxylation sites is 3. The molecular formula is C23H27N3O5. The van der Waals surface area contributed by atoms with Crippen LogP contribution < -0.4 is 15.0 Å². The van der Waals surface area contributed by atoms with Gasteiger partial charge in [0, 0.05) is 19.2 Å². The average molecular weight is 425 g/mol. The smallest absolute Gasteiger partial charge is 0.310 e. The molecule has 0 heterocycles. The van der Waals surface area contributed by atoms with E-state index in [-0.39, 0.29) is 23.4 Å². The van der Waals surface area contributed by atoms with Gasteiger partial charge in [-0.1, -0.05) is 43.5 Å². The average Bonchev–Trinajstić information content (AvgIpc) is 2.79. The highest BCUT2D eigenvalue weighted by Crippen LogP contribution is 2.28. The summed E-state index contributed by atoms with van der Waals surface area (Å²) in [6.45, 7) is 1.53. The van der Waals surface area contributed by atoms with Gasteiger partial charge in [-0.25, -0.2) is 0 Å². The van der Waals surface area contributed by atoms with Crippen LogP contribution in [0.15, 0.2) is 48.5 Å². The molecule has 31 heavy (non-hydrogen) atoms. The van der Waals surface area contributed by atoms with Crippen LogP contribution in [0, 0.1) is 10.1 Å². The lowest BCUT2D eigenvalue weighted by Gasteiger charge is -2.26. The summed E-state index contributed by atoms with van der Waals surface area (Å²) >= 11 is 0. The van der Waals surface area contributed by atoms with Crippen molar-refractivity contribution >= 4 is 23.2 Å². The Hall–Kier alpha value is -3.42. The van der Waals surface area contributed by atoms with Crippen LogP contribution in [0.4, 0.5) is 11.4 Å². The summed E-state index contributed by atoms with van der Waals surface area (Å²) in [6, 6.07) is 13.0. The summed E-state index contributed by atoms with van der Waals surface area (Å²) in [6.07, 6.45) is 4.34. The minimum atomic E-state index is -0.986. The highest BCUT2D eigenvalue weighted by Gasteiger charge is 2.27. The first-order valence-electron chi connectivity index (χ1n) is 10.5. The second-order valence-electron chi connectivity index (χ2n) is 7.71. The van der Waals surface area contributed by atoms with Gasteiger partial charge in [0.25, 0.3) is 11.8 Å². The third-order valence-corrected chi connectivity index (χ3v) is 5.49. The van der Waals surface area contributed by atoms with Gasteiger partial charge < -0.3 is 15.0 Å². The number of nitrogens with one attached hydrogen (secondary N) is 1. The predicted molar refractivity (Wildman–Crippen MR) is 117 cm³/mol. The number of anilines is 1. The Kier molecular flexibility index (Phi) is 7.23. The van der Waals surface area contributed by atoms with Crippen LogP contribution in [0.5, 0.6) is 5.75 Å². The molecule has 1 aliphatic rings. The molecule has 0 aromatic heterocycles. The first-order chi connectivity index (χ1) is 14.9. The molecule has 1 fully saturated rings. The molecule has 1 saturated carbocycles. The van der Waals surface area contributed by atoms with Crippen molar-refractivity contribution in [3.8, 4) is 5.75 Å². The van der Waals surface area contributed by atoms with Crippen molar-refractivity contribution in [3.63, 3.8) is 0 Å². The minimum Gasteiger partial charge on any atom is -0.474 e. The fraction of sp³-hybridized carbons (Fsp3) is 0.391. The molecule has 164 valence electrons. The lowest BCUT2D eigenvalue weighted by molar-refractivity contribution is -0.386. The molecule has 1 aliphatic carbocycles. The number of carbonyl (C=O) groups is 2. The van der Waals surface area contributed by atoms with Gasteiger partial charge in [0.05, 0.1) is 16.2 Å². The van der Waals surface area contributed by atoms with E-state index >= 15 is 0 Å². The highest BCUT2D eigenvalue weighted by molar-refractivity contribution is 6.05. The third kappa shape index (κ3) is 5.39. The molecule has 2 aromatic carbocycles. The standard InChI is InChI=1S/C23H27N3O5/c1-16(31-21-15-9-8-14-20(21)26(29)30)23(28)25(2)19-13-7-6-12-18(19)22(27)24-17-10-4-3-5-11-17/h6-9,12-17H,3-5,10-11H2,1-2H3,(H,24,27). The Morgan fingerprint density at radius 1 is 1.10 bits per heavy atom. The van der Waals surface area contributed by atoms with E-state index in [9.17, 15) is 19.7 Å². The fourth-order valence-electron chi connectivity index (χ4n) is 3.81. The maximum atomic E-state index is 13.0. The Morgan fingerprint density at radius 2 is 1.74 bits per heavy atom. The number of nitrogens with zero attached hydrogens (tertiary/aromatic N) is 2. The summed E-state index contributed by atoms with van der Waals surface area (Å²) in [5, 5.41) is 14.3. The second kappa shape index (κ2) is 10.1. The maximum Gasteiger partial charge on any atom is 0.310 e. The van der Waals surface area contributed by atoms with E-state index in [1.165, 1.54) is 36.4 Å². The largest absolute Gasteiger partial charge is 0.474 e. The number of nitro benzene ring substituents is 1. The summed E-state index contributed by atoms with van der Waals surface area (Å²) in [4.78, 5) is 37.9. The number of rotatable bonds is 7. The molecule has 1 N–H and O–H groups in total. The van der Waals surface area contributed by atoms with Gasteiger partial charge >= 0.3 is 5.69 Å². The lowest BCUT2D eigenvalue weighted by Crippen LogP contribution is -2.40. The van der Waals surface area contributed by atoms with E-state index in [1.54, 1.807) is 37.4 Å². The van der Waals surface area contributed by atoms with Crippen molar-refractivity contribution in [1.82, 2.24) is 5.32 Å². The summed E-state index contributed by atoms with van der Waals surface area (Å²) in [5.74, 6) is -0.615. The molecule has 3 rings (SSSR count). The van der Waals surface area contributed by atoms with E-state index in [0.29, 0.717) is 11.3 Å². The van der Waals surface area contributed by atoms with Crippen LogP contribution >= 0.6 is 0 Å². The molecule has 2 aromatic rings. The van der Waals surface area contributed by atoms with Crippen molar-refractivity contribution in [2.45, 2.75) is 51.2 Å². The van der Waals surface area contributed by atoms with E-state index < -0.39 is 16.9 Å². The minimum absolute atomic E-state index is 0.0186. The van der Waals surface area contributed by atoms with Crippen LogP contribution in [0.2, 0.25) is 0 Å². The van der Waals surface area contributed by atoms with E-state index in [2.05, 4.69) is 5.32 Å². The molecule has 8 heteroatoms. The van der Waals surface area contributed by atoms with Crippen molar-refractivity contribution in [1.29, 1.82) is 0 Å². The van der Waals surface area contributed by atoms with Gasteiger partial charge in [-0.05, 0) is 38.0 Å². The molecule has 2 amide bonds. The van der Waals surface area contributed by atoms with Crippen LogP contribution in [0.3, 0.4) is 0 Å². The molecule has 0 bridgehead atoms. The molecule has 1 unspecified atom stereocenters. The van der Waals surface area contributed by atoms with E-state index in [4.69, 9.17) is 4.74 Å². The van der Waals surface area contributed by atoms with Crippen molar-refractivity contribution < 1.29 is 19.2 Å². The SMILES string of the molecule is CC(Oc1ccccc1[N+](=O)[O-])C(=O)N(C)c1ccccc1C(=O)NC1CCCCC1. The normalized spacial score (nSPS) is 15.0. The van der Waals surface area contributed by atoms with E-state index in [0.717, 1.165) is 25.7 Å². The number of ether oxygens (including phenoxy) is 1. The molecule has 8 nitrogen and oxygen atoms in total. The Morgan fingerprint density at radius 3 is 2.45 bits per heavy atom. The Labute approximate surface area is 181 Å². The molecule has 0 radical (unpaired) electrons. The monoisotopic (exact) mass is 425 g/mol. The number of amides is 2. The van der Waals surface area contributed by atoms with Crippen LogP contribution in [0.1, 0.15) is 49.4 Å². The molecule has 0 spiro atoms. The van der Waals surface area contributed by atoms with E-state index in [1.807, 2.05) is 0 Å². The molecule has 1 atom stereocenters. The van der Waals surface area contributed by atoms with Crippen molar-refractivity contribution in [3.05, 3.63) is 64.2 Å². The van der Waals surface area contributed by atoms with Crippen LogP contribution in [-0.2, 0) is 4.79 Å². The number of hydrogen-bond acceptors (Lipinski definition) is 5. The number of likely N-dealkylation sites (N-methyl/N-ethyl adjacent to an activating group) is 1. The van der Waals surface area contributed by atoms with Crippen LogP contribution in [-0.4, -0.2) is 35.9 Å². The van der Waals surface area contributed by atoms with Crippen molar-refractivity contribution in [2.75, 3.05) is 11.9 Å². The molecule has 0 saturated heterocycles. The van der Waals surface area contributed by atoms with Gasteiger partial charge in [-0.2, -0.15) is 0 Å². The Bertz CT molecular complexity index is 956. The number of nitro groups is 1. The summed E-state index contributed by atoms with van der Waals surface area (Å²) in [7, 11) is 1.56. The lowest BCUT2D eigenvalue weighted by atomic mass is 9.95. The second-order valence-corrected chi connectivity index (χ2v) is 7.71. The first kappa shape index (κ1) is 22.3. The van der Waals surface area contributed by atoms with Crippen molar-refractivity contribution in [2.24, 2.45) is 0 Å². The van der Waals surface area contributed by atoms with Gasteiger partial charge in [0.2, 0.25) is 0 Å². The predicted octanol–water partition coefficient (Wildman–Crippen LogP) is 4.09. The topological polar surface area (TPSA) is 102 Å². The zero-order valence-electron chi connectivity index (χ0n) is 17.7. The van der Waals surface area contributed by atoms with Gasteiger partial charge in [0.15, 0.2) is 11.9 Å². The fourth-order valence-corrected chi connectivity index (χ4v) is 3.81. The highest BCUT2D eigenvalue weighted by atomic mass is 16.6. The summed E-state index contributed by atoms with van der Waals surface area (Å²) in [5.41, 5.74) is 0.651. The van der Waals surface area contributed by atoms with Crippen LogP contribution in [0.25, 0.3) is 0 Å². The third-order valence-electron chi connectivity index (χ3n) is 5.49. The number of benzene rings is 2. The quantitative estimate of drug-likeness (QED) is 0.532. The van der Waals surface area contributed by atoms with Gasteiger partial charge in [-0.3, -0.25) is 19.7 Å². The first-order valence-corrected chi connectivity index (χ1v) is 10.5. The molecular weight excluding hydrogens is 398 g/mol. The zero-order chi connectivity index (χ0) is 22.4.